The summed E-state index contributed by atoms with van der Waals surface area (Å²) in [5, 5.41) is 0. The third kappa shape index (κ3) is 3.15. The minimum atomic E-state index is 0.126. The van der Waals surface area contributed by atoms with E-state index >= 15 is 0 Å². The number of nitrogens with zero attached hydrogens (tertiary/aromatic N) is 1. The monoisotopic (exact) mass is 256 g/mol. The Morgan fingerprint density at radius 2 is 2.37 bits per heavy atom. The Labute approximate surface area is 114 Å². The fourth-order valence-corrected chi connectivity index (χ4v) is 2.58. The molecule has 2 rings (SSSR count). The lowest BCUT2D eigenvalue weighted by molar-refractivity contribution is 0.0733. The number of hydrogen-bond donors (Lipinski definition) is 1. The number of nitrogens with two attached hydrogens (primary N) is 1. The molecule has 1 unspecified atom stereocenters. The van der Waals surface area contributed by atoms with Crippen LogP contribution in [-0.4, -0.2) is 29.9 Å². The second-order valence-electron chi connectivity index (χ2n) is 4.79. The predicted octanol–water partition coefficient (Wildman–Crippen LogP) is 2.01. The molecule has 1 aromatic rings. The lowest BCUT2D eigenvalue weighted by atomic mass is 10.1. The van der Waals surface area contributed by atoms with Gasteiger partial charge in [0, 0.05) is 23.7 Å². The van der Waals surface area contributed by atoms with Gasteiger partial charge in [0.2, 0.25) is 0 Å². The largest absolute Gasteiger partial charge is 0.336 e. The number of benzene rings is 1. The Morgan fingerprint density at radius 3 is 3.11 bits per heavy atom. The van der Waals surface area contributed by atoms with Gasteiger partial charge in [-0.1, -0.05) is 24.8 Å². The van der Waals surface area contributed by atoms with Gasteiger partial charge in [-0.2, -0.15) is 0 Å². The first kappa shape index (κ1) is 13.6. The second kappa shape index (κ2) is 6.40. The summed E-state index contributed by atoms with van der Waals surface area (Å²) in [6.45, 7) is 3.34. The molecule has 1 aromatic carbocycles. The standard InChI is InChI=1S/C16H20N2O/c1-2-15-9-5-11-18(15)16(19)14-8-3-6-13(12-14)7-4-10-17/h3,6,8,12,15H,2,5,9-11,17H2,1H3. The Balaban J connectivity index is 2.19. The van der Waals surface area contributed by atoms with Gasteiger partial charge in [-0.25, -0.2) is 0 Å². The van der Waals surface area contributed by atoms with Crippen LogP contribution in [0.2, 0.25) is 0 Å². The fraction of sp³-hybridized carbons (Fsp3) is 0.438. The highest BCUT2D eigenvalue weighted by Crippen LogP contribution is 2.22. The van der Waals surface area contributed by atoms with Gasteiger partial charge in [-0.3, -0.25) is 4.79 Å². The Bertz CT molecular complexity index is 513. The van der Waals surface area contributed by atoms with Crippen molar-refractivity contribution in [2.45, 2.75) is 32.2 Å². The van der Waals surface area contributed by atoms with Gasteiger partial charge >= 0.3 is 0 Å². The number of carbonyl (C=O) groups is 1. The highest BCUT2D eigenvalue weighted by Gasteiger charge is 2.27. The highest BCUT2D eigenvalue weighted by atomic mass is 16.2. The van der Waals surface area contributed by atoms with Gasteiger partial charge < -0.3 is 10.6 Å². The molecule has 1 amide bonds. The summed E-state index contributed by atoms with van der Waals surface area (Å²) in [7, 11) is 0. The van der Waals surface area contributed by atoms with E-state index in [0.717, 1.165) is 36.9 Å². The van der Waals surface area contributed by atoms with Crippen LogP contribution in [0.15, 0.2) is 24.3 Å². The lowest BCUT2D eigenvalue weighted by Gasteiger charge is -2.23. The Morgan fingerprint density at radius 1 is 1.53 bits per heavy atom. The summed E-state index contributed by atoms with van der Waals surface area (Å²) in [6, 6.07) is 7.90. The third-order valence-electron chi connectivity index (χ3n) is 3.55. The van der Waals surface area contributed by atoms with Crippen LogP contribution < -0.4 is 5.73 Å². The molecule has 3 nitrogen and oxygen atoms in total. The molecule has 0 aliphatic carbocycles. The van der Waals surface area contributed by atoms with Crippen LogP contribution in [0.4, 0.5) is 0 Å². The van der Waals surface area contributed by atoms with Crippen molar-refractivity contribution in [1.29, 1.82) is 0 Å². The van der Waals surface area contributed by atoms with Crippen LogP contribution >= 0.6 is 0 Å². The molecular formula is C16H20N2O. The van der Waals surface area contributed by atoms with Crippen LogP contribution in [0.5, 0.6) is 0 Å². The van der Waals surface area contributed by atoms with Crippen LogP contribution in [0.3, 0.4) is 0 Å². The predicted molar refractivity (Wildman–Crippen MR) is 76.7 cm³/mol. The SMILES string of the molecule is CCC1CCCN1C(=O)c1cccc(C#CCN)c1. The van der Waals surface area contributed by atoms with E-state index in [1.807, 2.05) is 29.2 Å². The first-order valence-corrected chi connectivity index (χ1v) is 6.86. The summed E-state index contributed by atoms with van der Waals surface area (Å²) >= 11 is 0. The van der Waals surface area contributed by atoms with Gasteiger partial charge in [-0.05, 0) is 37.5 Å². The van der Waals surface area contributed by atoms with Gasteiger partial charge in [-0.15, -0.1) is 0 Å². The van der Waals surface area contributed by atoms with Crippen molar-refractivity contribution in [1.82, 2.24) is 4.90 Å². The fourth-order valence-electron chi connectivity index (χ4n) is 2.58. The average molecular weight is 256 g/mol. The zero-order valence-corrected chi connectivity index (χ0v) is 11.4. The summed E-state index contributed by atoms with van der Waals surface area (Å²) in [5.74, 6) is 5.91. The Kier molecular flexibility index (Phi) is 4.59. The van der Waals surface area contributed by atoms with E-state index in [-0.39, 0.29) is 5.91 Å². The van der Waals surface area contributed by atoms with Crippen molar-refractivity contribution in [3.8, 4) is 11.8 Å². The number of carbonyl (C=O) groups excluding carboxylic acids is 1. The molecule has 1 aliphatic rings. The van der Waals surface area contributed by atoms with Crippen molar-refractivity contribution in [3.05, 3.63) is 35.4 Å². The first-order chi connectivity index (χ1) is 9.26. The van der Waals surface area contributed by atoms with Gasteiger partial charge in [0.1, 0.15) is 0 Å². The molecule has 1 saturated heterocycles. The highest BCUT2D eigenvalue weighted by molar-refractivity contribution is 5.95. The molecule has 2 N–H and O–H groups in total. The molecule has 1 atom stereocenters. The molecule has 1 aliphatic heterocycles. The molecule has 0 spiro atoms. The zero-order valence-electron chi connectivity index (χ0n) is 11.4. The number of amides is 1. The summed E-state index contributed by atoms with van der Waals surface area (Å²) in [6.07, 6.45) is 3.25. The minimum absolute atomic E-state index is 0.126. The molecule has 0 aromatic heterocycles. The van der Waals surface area contributed by atoms with Gasteiger partial charge in [0.15, 0.2) is 0 Å². The summed E-state index contributed by atoms with van der Waals surface area (Å²) in [5.41, 5.74) is 6.94. The molecular weight excluding hydrogens is 236 g/mol. The van der Waals surface area contributed by atoms with Gasteiger partial charge in [0.25, 0.3) is 5.91 Å². The molecule has 1 heterocycles. The molecule has 0 bridgehead atoms. The molecule has 3 heteroatoms. The van der Waals surface area contributed by atoms with Crippen LogP contribution in [0, 0.1) is 11.8 Å². The van der Waals surface area contributed by atoms with Crippen molar-refractivity contribution in [2.75, 3.05) is 13.1 Å². The quantitative estimate of drug-likeness (QED) is 0.823. The lowest BCUT2D eigenvalue weighted by Crippen LogP contribution is -2.35. The average Bonchev–Trinajstić information content (AvgIpc) is 2.93. The molecule has 1 fully saturated rings. The van der Waals surface area contributed by atoms with E-state index in [4.69, 9.17) is 5.73 Å². The van der Waals surface area contributed by atoms with E-state index in [0.29, 0.717) is 12.6 Å². The van der Waals surface area contributed by atoms with Crippen LogP contribution in [-0.2, 0) is 0 Å². The normalized spacial score (nSPS) is 18.0. The van der Waals surface area contributed by atoms with Gasteiger partial charge in [0.05, 0.1) is 6.54 Å². The second-order valence-corrected chi connectivity index (χ2v) is 4.79. The molecule has 0 saturated carbocycles. The van der Waals surface area contributed by atoms with Crippen molar-refractivity contribution >= 4 is 5.91 Å². The van der Waals surface area contributed by atoms with Crippen LogP contribution in [0.25, 0.3) is 0 Å². The first-order valence-electron chi connectivity index (χ1n) is 6.86. The van der Waals surface area contributed by atoms with E-state index in [2.05, 4.69) is 18.8 Å². The van der Waals surface area contributed by atoms with Crippen LogP contribution in [0.1, 0.15) is 42.1 Å². The zero-order chi connectivity index (χ0) is 13.7. The third-order valence-corrected chi connectivity index (χ3v) is 3.55. The van der Waals surface area contributed by atoms with E-state index in [1.165, 1.54) is 0 Å². The van der Waals surface area contributed by atoms with Crippen molar-refractivity contribution < 1.29 is 4.79 Å². The van der Waals surface area contributed by atoms with E-state index in [9.17, 15) is 4.79 Å². The maximum Gasteiger partial charge on any atom is 0.254 e. The number of likely N-dealkylation sites (tertiary alicyclic amines) is 1. The molecule has 0 radical (unpaired) electrons. The topological polar surface area (TPSA) is 46.3 Å². The molecule has 100 valence electrons. The van der Waals surface area contributed by atoms with E-state index < -0.39 is 0 Å². The van der Waals surface area contributed by atoms with Crippen molar-refractivity contribution in [2.24, 2.45) is 5.73 Å². The Hall–Kier alpha value is -1.79. The van der Waals surface area contributed by atoms with Crippen molar-refractivity contribution in [3.63, 3.8) is 0 Å². The van der Waals surface area contributed by atoms with E-state index in [1.54, 1.807) is 0 Å². The number of rotatable bonds is 2. The maximum atomic E-state index is 12.5. The summed E-state index contributed by atoms with van der Waals surface area (Å²) < 4.78 is 0. The molecule has 19 heavy (non-hydrogen) atoms. The smallest absolute Gasteiger partial charge is 0.254 e. The summed E-state index contributed by atoms with van der Waals surface area (Å²) in [4.78, 5) is 14.5. The number of hydrogen-bond acceptors (Lipinski definition) is 2. The maximum absolute atomic E-state index is 12.5. The minimum Gasteiger partial charge on any atom is -0.336 e.